The molecule has 0 saturated carbocycles. The van der Waals surface area contributed by atoms with Crippen molar-refractivity contribution in [3.63, 3.8) is 0 Å². The molecule has 0 spiro atoms. The summed E-state index contributed by atoms with van der Waals surface area (Å²) in [6, 6.07) is 26.2. The van der Waals surface area contributed by atoms with E-state index in [0.29, 0.717) is 34.3 Å². The van der Waals surface area contributed by atoms with Crippen LogP contribution in [0.3, 0.4) is 0 Å². The highest BCUT2D eigenvalue weighted by molar-refractivity contribution is 6.17. The molecule has 0 bridgehead atoms. The maximum atomic E-state index is 13.2. The molecule has 0 aliphatic carbocycles. The Morgan fingerprint density at radius 2 is 1.38 bits per heavy atom. The predicted octanol–water partition coefficient (Wildman–Crippen LogP) is 4.57. The second-order valence-electron chi connectivity index (χ2n) is 6.85. The summed E-state index contributed by atoms with van der Waals surface area (Å²) in [5.74, 6) is -0.391. The average molecular weight is 379 g/mol. The van der Waals surface area contributed by atoms with Crippen LogP contribution in [-0.2, 0) is 6.54 Å². The quantitative estimate of drug-likeness (QED) is 0.465. The van der Waals surface area contributed by atoms with Crippen LogP contribution in [-0.4, -0.2) is 25.4 Å². The molecule has 5 nitrogen and oxygen atoms in total. The molecular weight excluding hydrogens is 362 g/mol. The predicted molar refractivity (Wildman–Crippen MR) is 112 cm³/mol. The molecule has 0 aliphatic heterocycles. The Hall–Kier alpha value is -3.99. The number of benzene rings is 3. The molecule has 5 heteroatoms. The highest BCUT2D eigenvalue weighted by Gasteiger charge is 2.26. The Morgan fingerprint density at radius 1 is 0.793 bits per heavy atom. The lowest BCUT2D eigenvalue weighted by molar-refractivity contribution is 0.103. The van der Waals surface area contributed by atoms with Gasteiger partial charge in [0, 0.05) is 5.56 Å². The minimum atomic E-state index is -0.274. The van der Waals surface area contributed by atoms with Gasteiger partial charge < -0.3 is 5.11 Å². The van der Waals surface area contributed by atoms with Crippen molar-refractivity contribution in [3.05, 3.63) is 102 Å². The number of fused-ring (bicyclic) bond motifs is 2. The van der Waals surface area contributed by atoms with Crippen LogP contribution in [0.15, 0.2) is 84.9 Å². The Morgan fingerprint density at radius 3 is 2.07 bits per heavy atom. The number of para-hydroxylation sites is 2. The molecule has 0 atom stereocenters. The molecule has 29 heavy (non-hydrogen) atoms. The third-order valence-corrected chi connectivity index (χ3v) is 4.97. The van der Waals surface area contributed by atoms with Gasteiger partial charge in [-0.25, -0.2) is 9.97 Å². The summed E-state index contributed by atoms with van der Waals surface area (Å²) >= 11 is 0. The zero-order chi connectivity index (χ0) is 19.8. The number of carbonyl (C=O) groups is 1. The van der Waals surface area contributed by atoms with Gasteiger partial charge in [0.05, 0.1) is 17.6 Å². The molecular formula is C24H17N3O2. The molecule has 0 fully saturated rings. The van der Waals surface area contributed by atoms with Crippen molar-refractivity contribution in [2.24, 2.45) is 0 Å². The normalized spacial score (nSPS) is 11.2. The maximum Gasteiger partial charge on any atom is 0.206 e. The van der Waals surface area contributed by atoms with E-state index >= 15 is 0 Å². The van der Waals surface area contributed by atoms with Crippen LogP contribution < -0.4 is 0 Å². The summed E-state index contributed by atoms with van der Waals surface area (Å²) < 4.78 is 1.65. The van der Waals surface area contributed by atoms with Crippen LogP contribution in [0.25, 0.3) is 22.2 Å². The smallest absolute Gasteiger partial charge is 0.206 e. The van der Waals surface area contributed by atoms with Crippen LogP contribution in [0.2, 0.25) is 0 Å². The van der Waals surface area contributed by atoms with E-state index < -0.39 is 0 Å². The monoisotopic (exact) mass is 379 g/mol. The number of hydrogen-bond donors (Lipinski definition) is 1. The highest BCUT2D eigenvalue weighted by Crippen LogP contribution is 2.33. The largest absolute Gasteiger partial charge is 0.494 e. The average Bonchev–Trinajstić information content (AvgIpc) is 3.03. The van der Waals surface area contributed by atoms with E-state index in [1.807, 2.05) is 60.7 Å². The molecule has 0 amide bonds. The number of aromatic nitrogens is 3. The minimum Gasteiger partial charge on any atom is -0.494 e. The molecule has 5 aromatic rings. The zero-order valence-electron chi connectivity index (χ0n) is 15.5. The lowest BCUT2D eigenvalue weighted by atomic mass is 10.0. The van der Waals surface area contributed by atoms with Crippen molar-refractivity contribution in [1.29, 1.82) is 0 Å². The summed E-state index contributed by atoms with van der Waals surface area (Å²) in [5, 5.41) is 11.1. The Balaban J connectivity index is 1.78. The number of aromatic hydroxyl groups is 1. The molecule has 0 radical (unpaired) electrons. The summed E-state index contributed by atoms with van der Waals surface area (Å²) in [6.07, 6.45) is 0. The van der Waals surface area contributed by atoms with Gasteiger partial charge in [0.15, 0.2) is 5.65 Å². The highest BCUT2D eigenvalue weighted by atomic mass is 16.3. The summed E-state index contributed by atoms with van der Waals surface area (Å²) in [7, 11) is 0. The fraction of sp³-hybridized carbons (Fsp3) is 0.0417. The molecule has 140 valence electrons. The minimum absolute atomic E-state index is 0.118. The van der Waals surface area contributed by atoms with Gasteiger partial charge in [-0.3, -0.25) is 9.36 Å². The van der Waals surface area contributed by atoms with E-state index in [1.165, 1.54) is 0 Å². The van der Waals surface area contributed by atoms with Gasteiger partial charge in [-0.1, -0.05) is 72.8 Å². The van der Waals surface area contributed by atoms with Gasteiger partial charge in [0.1, 0.15) is 11.1 Å². The fourth-order valence-corrected chi connectivity index (χ4v) is 3.55. The Bertz CT molecular complexity index is 1340. The van der Waals surface area contributed by atoms with Crippen molar-refractivity contribution in [3.8, 4) is 5.88 Å². The van der Waals surface area contributed by atoms with Crippen molar-refractivity contribution >= 4 is 28.0 Å². The van der Waals surface area contributed by atoms with E-state index in [4.69, 9.17) is 4.98 Å². The van der Waals surface area contributed by atoms with Gasteiger partial charge in [0.25, 0.3) is 0 Å². The van der Waals surface area contributed by atoms with E-state index in [1.54, 1.807) is 28.8 Å². The van der Waals surface area contributed by atoms with Gasteiger partial charge in [-0.2, -0.15) is 0 Å². The van der Waals surface area contributed by atoms with Crippen LogP contribution in [0.5, 0.6) is 5.88 Å². The molecule has 0 aliphatic rings. The first kappa shape index (κ1) is 17.1. The Labute approximate surface area is 166 Å². The first-order valence-corrected chi connectivity index (χ1v) is 9.34. The molecule has 0 saturated heterocycles. The standard InChI is InChI=1S/C24H17N3O2/c28-22(17-11-5-2-6-12-17)20-21-23(26-19-14-8-7-13-18(19)25-21)27(24(20)29)15-16-9-3-1-4-10-16/h1-14,29H,15H2. The molecule has 2 aromatic heterocycles. The summed E-state index contributed by atoms with van der Waals surface area (Å²) in [4.78, 5) is 22.6. The first-order chi connectivity index (χ1) is 14.2. The number of carbonyl (C=O) groups excluding carboxylic acids is 1. The van der Waals surface area contributed by atoms with Crippen LogP contribution in [0, 0.1) is 0 Å². The van der Waals surface area contributed by atoms with Crippen LogP contribution in [0.4, 0.5) is 0 Å². The number of rotatable bonds is 4. The zero-order valence-corrected chi connectivity index (χ0v) is 15.5. The van der Waals surface area contributed by atoms with E-state index in [2.05, 4.69) is 4.98 Å². The van der Waals surface area contributed by atoms with E-state index in [0.717, 1.165) is 5.56 Å². The van der Waals surface area contributed by atoms with Crippen molar-refractivity contribution in [2.75, 3.05) is 0 Å². The second-order valence-corrected chi connectivity index (χ2v) is 6.85. The summed E-state index contributed by atoms with van der Waals surface area (Å²) in [5.41, 5.74) is 3.96. The van der Waals surface area contributed by atoms with Gasteiger partial charge in [-0.15, -0.1) is 0 Å². The molecule has 1 N–H and O–H groups in total. The number of hydrogen-bond acceptors (Lipinski definition) is 4. The van der Waals surface area contributed by atoms with Gasteiger partial charge >= 0.3 is 0 Å². The summed E-state index contributed by atoms with van der Waals surface area (Å²) in [6.45, 7) is 0.387. The SMILES string of the molecule is O=C(c1ccccc1)c1c(O)n(Cc2ccccc2)c2nc3ccccc3nc12. The molecule has 2 heterocycles. The van der Waals surface area contributed by atoms with E-state index in [9.17, 15) is 9.90 Å². The first-order valence-electron chi connectivity index (χ1n) is 9.34. The fourth-order valence-electron chi connectivity index (χ4n) is 3.55. The second kappa shape index (κ2) is 6.87. The van der Waals surface area contributed by atoms with Gasteiger partial charge in [-0.05, 0) is 17.7 Å². The van der Waals surface area contributed by atoms with Crippen molar-refractivity contribution in [2.45, 2.75) is 6.54 Å². The van der Waals surface area contributed by atoms with Crippen molar-refractivity contribution in [1.82, 2.24) is 14.5 Å². The Kier molecular flexibility index (Phi) is 4.06. The number of ketones is 1. The third-order valence-electron chi connectivity index (χ3n) is 4.97. The van der Waals surface area contributed by atoms with Crippen LogP contribution >= 0.6 is 0 Å². The molecule has 3 aromatic carbocycles. The molecule has 0 unspecified atom stereocenters. The maximum absolute atomic E-state index is 13.2. The number of nitrogens with zero attached hydrogens (tertiary/aromatic N) is 3. The topological polar surface area (TPSA) is 68.0 Å². The lowest BCUT2D eigenvalue weighted by Gasteiger charge is -2.07. The lowest BCUT2D eigenvalue weighted by Crippen LogP contribution is -2.03. The van der Waals surface area contributed by atoms with E-state index in [-0.39, 0.29) is 17.2 Å². The molecule has 5 rings (SSSR count). The third kappa shape index (κ3) is 2.93. The van der Waals surface area contributed by atoms with Crippen LogP contribution in [0.1, 0.15) is 21.5 Å². The van der Waals surface area contributed by atoms with Crippen molar-refractivity contribution < 1.29 is 9.90 Å². The van der Waals surface area contributed by atoms with Gasteiger partial charge in [0.2, 0.25) is 11.7 Å².